The van der Waals surface area contributed by atoms with Gasteiger partial charge in [-0.05, 0) is 41.9 Å². The number of para-hydroxylation sites is 1. The van der Waals surface area contributed by atoms with Crippen molar-refractivity contribution in [3.63, 3.8) is 0 Å². The van der Waals surface area contributed by atoms with Crippen LogP contribution in [-0.2, 0) is 20.9 Å². The predicted molar refractivity (Wildman–Crippen MR) is 113 cm³/mol. The fourth-order valence-corrected chi connectivity index (χ4v) is 2.89. The molecule has 0 spiro atoms. The van der Waals surface area contributed by atoms with E-state index in [9.17, 15) is 14.4 Å². The van der Waals surface area contributed by atoms with Crippen LogP contribution in [0.15, 0.2) is 78.2 Å². The standard InChI is InChI=1S/C21H20N6O3/c22-10-8-15(25-18-7-3-4-11-24-18)21(30)26-16(19(28)20(23)29)13-27-12-9-14-5-1-2-6-17(14)27/h1-12,16H,13,22H2,(H2,23,29)(H,26,30)/b10-8-,25-15-. The monoisotopic (exact) mass is 404 g/mol. The van der Waals surface area contributed by atoms with Gasteiger partial charge in [-0.2, -0.15) is 0 Å². The maximum Gasteiger partial charge on any atom is 0.287 e. The number of benzene rings is 1. The van der Waals surface area contributed by atoms with Crippen molar-refractivity contribution in [3.05, 3.63) is 73.2 Å². The maximum atomic E-state index is 12.8. The third kappa shape index (κ3) is 4.76. The lowest BCUT2D eigenvalue weighted by molar-refractivity contribution is -0.138. The van der Waals surface area contributed by atoms with Crippen molar-refractivity contribution in [2.24, 2.45) is 16.5 Å². The Morgan fingerprint density at radius 2 is 1.90 bits per heavy atom. The second-order valence-electron chi connectivity index (χ2n) is 6.33. The summed E-state index contributed by atoms with van der Waals surface area (Å²) in [6, 6.07) is 13.2. The fourth-order valence-electron chi connectivity index (χ4n) is 2.89. The Morgan fingerprint density at radius 3 is 2.60 bits per heavy atom. The second-order valence-corrected chi connectivity index (χ2v) is 6.33. The number of nitrogens with zero attached hydrogens (tertiary/aromatic N) is 3. The summed E-state index contributed by atoms with van der Waals surface area (Å²) in [6.45, 7) is 0.0181. The minimum absolute atomic E-state index is 0.0181. The number of pyridine rings is 1. The van der Waals surface area contributed by atoms with Crippen LogP contribution >= 0.6 is 0 Å². The highest BCUT2D eigenvalue weighted by atomic mass is 16.2. The first kappa shape index (κ1) is 20.5. The van der Waals surface area contributed by atoms with Crippen LogP contribution in [0, 0.1) is 0 Å². The zero-order valence-electron chi connectivity index (χ0n) is 15.9. The molecule has 0 bridgehead atoms. The van der Waals surface area contributed by atoms with Gasteiger partial charge in [0.15, 0.2) is 5.82 Å². The van der Waals surface area contributed by atoms with Gasteiger partial charge >= 0.3 is 0 Å². The molecule has 0 radical (unpaired) electrons. The topological polar surface area (TPSA) is 145 Å². The van der Waals surface area contributed by atoms with E-state index in [0.717, 1.165) is 17.1 Å². The van der Waals surface area contributed by atoms with E-state index in [1.54, 1.807) is 29.0 Å². The number of aromatic nitrogens is 2. The number of nitrogens with two attached hydrogens (primary N) is 2. The third-order valence-electron chi connectivity index (χ3n) is 4.30. The summed E-state index contributed by atoms with van der Waals surface area (Å²) in [6.07, 6.45) is 5.71. The van der Waals surface area contributed by atoms with Crippen molar-refractivity contribution >= 4 is 40.0 Å². The number of hydrogen-bond donors (Lipinski definition) is 3. The van der Waals surface area contributed by atoms with Crippen LogP contribution in [0.4, 0.5) is 5.82 Å². The molecule has 1 unspecified atom stereocenters. The highest BCUT2D eigenvalue weighted by Crippen LogP contribution is 2.15. The Morgan fingerprint density at radius 1 is 1.13 bits per heavy atom. The lowest BCUT2D eigenvalue weighted by Gasteiger charge is -2.18. The molecule has 1 atom stereocenters. The Hall–Kier alpha value is -4.27. The van der Waals surface area contributed by atoms with E-state index in [1.165, 1.54) is 12.3 Å². The molecule has 2 heterocycles. The number of aliphatic imine (C=N–C) groups is 1. The Balaban J connectivity index is 1.88. The molecular formula is C21H20N6O3. The van der Waals surface area contributed by atoms with Gasteiger partial charge in [-0.25, -0.2) is 9.98 Å². The van der Waals surface area contributed by atoms with Gasteiger partial charge in [0.25, 0.3) is 11.8 Å². The lowest BCUT2D eigenvalue weighted by atomic mass is 10.1. The van der Waals surface area contributed by atoms with Gasteiger partial charge in [0.2, 0.25) is 5.78 Å². The first-order valence-corrected chi connectivity index (χ1v) is 9.06. The van der Waals surface area contributed by atoms with Crippen LogP contribution in [0.5, 0.6) is 0 Å². The van der Waals surface area contributed by atoms with Crippen LogP contribution in [0.2, 0.25) is 0 Å². The molecule has 5 N–H and O–H groups in total. The Labute approximate surface area is 172 Å². The number of amides is 2. The normalized spacial score (nSPS) is 12.7. The largest absolute Gasteiger partial charge is 0.405 e. The summed E-state index contributed by atoms with van der Waals surface area (Å²) in [7, 11) is 0. The van der Waals surface area contributed by atoms with Crippen LogP contribution < -0.4 is 16.8 Å². The van der Waals surface area contributed by atoms with Crippen molar-refractivity contribution in [3.8, 4) is 0 Å². The Bertz CT molecular complexity index is 1130. The minimum atomic E-state index is -1.19. The first-order valence-electron chi connectivity index (χ1n) is 9.06. The number of Topliss-reactive ketones (excluding diaryl/α,β-unsaturated/α-hetero) is 1. The molecule has 2 amide bonds. The molecule has 0 aliphatic carbocycles. The van der Waals surface area contributed by atoms with E-state index in [4.69, 9.17) is 11.5 Å². The lowest BCUT2D eigenvalue weighted by Crippen LogP contribution is -2.50. The van der Waals surface area contributed by atoms with Gasteiger partial charge in [0.1, 0.15) is 11.8 Å². The van der Waals surface area contributed by atoms with Crippen molar-refractivity contribution in [1.29, 1.82) is 0 Å². The SMILES string of the molecule is N/C=C\C(=N\c1ccccn1)C(=O)NC(Cn1ccc2ccccc21)C(=O)C(N)=O. The van der Waals surface area contributed by atoms with Gasteiger partial charge in [0.05, 0.1) is 6.54 Å². The van der Waals surface area contributed by atoms with Gasteiger partial charge < -0.3 is 21.4 Å². The fraction of sp³-hybridized carbons (Fsp3) is 0.0952. The minimum Gasteiger partial charge on any atom is -0.405 e. The van der Waals surface area contributed by atoms with Crippen LogP contribution in [0.25, 0.3) is 10.9 Å². The quantitative estimate of drug-likeness (QED) is 0.376. The number of hydrogen-bond acceptors (Lipinski definition) is 6. The molecule has 0 fully saturated rings. The van der Waals surface area contributed by atoms with Gasteiger partial charge in [-0.15, -0.1) is 0 Å². The number of primary amides is 1. The number of nitrogens with one attached hydrogen (secondary N) is 1. The number of carbonyl (C=O) groups is 3. The molecule has 0 aliphatic rings. The summed E-state index contributed by atoms with van der Waals surface area (Å²) in [5, 5.41) is 3.49. The van der Waals surface area contributed by atoms with Crippen LogP contribution in [-0.4, -0.2) is 38.9 Å². The predicted octanol–water partition coefficient (Wildman–Crippen LogP) is 0.821. The summed E-state index contributed by atoms with van der Waals surface area (Å²) in [5.74, 6) is -2.47. The van der Waals surface area contributed by atoms with Crippen LogP contribution in [0.3, 0.4) is 0 Å². The molecule has 152 valence electrons. The number of rotatable bonds is 8. The molecule has 2 aromatic heterocycles. The number of fused-ring (bicyclic) bond motifs is 1. The molecule has 0 saturated carbocycles. The van der Waals surface area contributed by atoms with E-state index >= 15 is 0 Å². The first-order chi connectivity index (χ1) is 14.5. The number of ketones is 1. The average molecular weight is 404 g/mol. The van der Waals surface area contributed by atoms with E-state index in [-0.39, 0.29) is 18.1 Å². The molecule has 30 heavy (non-hydrogen) atoms. The van der Waals surface area contributed by atoms with Gasteiger partial charge in [-0.3, -0.25) is 14.4 Å². The third-order valence-corrected chi connectivity index (χ3v) is 4.30. The smallest absolute Gasteiger partial charge is 0.287 e. The second kappa shape index (κ2) is 9.28. The van der Waals surface area contributed by atoms with E-state index in [0.29, 0.717) is 0 Å². The molecule has 3 aromatic rings. The summed E-state index contributed by atoms with van der Waals surface area (Å²) >= 11 is 0. The summed E-state index contributed by atoms with van der Waals surface area (Å²) in [4.78, 5) is 44.9. The van der Waals surface area contributed by atoms with E-state index in [2.05, 4.69) is 15.3 Å². The van der Waals surface area contributed by atoms with E-state index in [1.807, 2.05) is 30.3 Å². The molecule has 1 aromatic carbocycles. The number of carbonyl (C=O) groups excluding carboxylic acids is 3. The highest BCUT2D eigenvalue weighted by molar-refractivity contribution is 6.45. The van der Waals surface area contributed by atoms with Gasteiger partial charge in [0, 0.05) is 17.9 Å². The summed E-state index contributed by atoms with van der Waals surface area (Å²) in [5.41, 5.74) is 11.4. The molecule has 0 aliphatic heterocycles. The van der Waals surface area contributed by atoms with E-state index < -0.39 is 23.6 Å². The average Bonchev–Trinajstić information content (AvgIpc) is 3.16. The molecule has 3 rings (SSSR count). The van der Waals surface area contributed by atoms with Crippen molar-refractivity contribution in [2.75, 3.05) is 0 Å². The summed E-state index contributed by atoms with van der Waals surface area (Å²) < 4.78 is 1.76. The maximum absolute atomic E-state index is 12.8. The molecule has 0 saturated heterocycles. The van der Waals surface area contributed by atoms with Crippen LogP contribution in [0.1, 0.15) is 0 Å². The molecule has 9 heteroatoms. The zero-order valence-corrected chi connectivity index (χ0v) is 15.9. The van der Waals surface area contributed by atoms with Crippen molar-refractivity contribution in [2.45, 2.75) is 12.6 Å². The van der Waals surface area contributed by atoms with Crippen molar-refractivity contribution < 1.29 is 14.4 Å². The van der Waals surface area contributed by atoms with Gasteiger partial charge in [-0.1, -0.05) is 24.3 Å². The Kier molecular flexibility index (Phi) is 6.33. The molecule has 9 nitrogen and oxygen atoms in total. The highest BCUT2D eigenvalue weighted by Gasteiger charge is 2.27. The zero-order chi connectivity index (χ0) is 21.5. The molecular weight excluding hydrogens is 384 g/mol. The van der Waals surface area contributed by atoms with Crippen molar-refractivity contribution in [1.82, 2.24) is 14.9 Å².